The van der Waals surface area contributed by atoms with Crippen molar-refractivity contribution in [1.82, 2.24) is 5.32 Å². The highest BCUT2D eigenvalue weighted by Crippen LogP contribution is 2.07. The number of carboxylic acids is 1. The highest BCUT2D eigenvalue weighted by molar-refractivity contribution is 5.85. The number of nitrogens with one attached hydrogen (secondary N) is 1. The molecule has 4 nitrogen and oxygen atoms in total. The average molecular weight is 275 g/mol. The van der Waals surface area contributed by atoms with Gasteiger partial charge >= 0.3 is 5.97 Å². The first-order valence-corrected chi connectivity index (χ1v) is 6.74. The van der Waals surface area contributed by atoms with Gasteiger partial charge in [0.25, 0.3) is 0 Å². The van der Waals surface area contributed by atoms with E-state index in [4.69, 9.17) is 5.11 Å². The summed E-state index contributed by atoms with van der Waals surface area (Å²) >= 11 is 0. The van der Waals surface area contributed by atoms with Gasteiger partial charge in [0.05, 0.1) is 0 Å². The Hall–Kier alpha value is -2.10. The van der Waals surface area contributed by atoms with Crippen molar-refractivity contribution in [3.63, 3.8) is 0 Å². The Bertz CT molecular complexity index is 475. The summed E-state index contributed by atoms with van der Waals surface area (Å²) in [5, 5.41) is 11.4. The van der Waals surface area contributed by atoms with Crippen LogP contribution in [0.25, 0.3) is 6.08 Å². The van der Waals surface area contributed by atoms with Crippen molar-refractivity contribution >= 4 is 18.0 Å². The summed E-state index contributed by atoms with van der Waals surface area (Å²) in [6, 6.07) is 7.42. The van der Waals surface area contributed by atoms with Gasteiger partial charge in [0, 0.05) is 19.0 Å². The Balaban J connectivity index is 2.42. The van der Waals surface area contributed by atoms with Crippen LogP contribution in [0.1, 0.15) is 37.8 Å². The van der Waals surface area contributed by atoms with E-state index in [1.54, 1.807) is 0 Å². The smallest absolute Gasteiger partial charge is 0.328 e. The number of aliphatic carboxylic acids is 1. The van der Waals surface area contributed by atoms with Crippen LogP contribution in [0.4, 0.5) is 0 Å². The van der Waals surface area contributed by atoms with Crippen LogP contribution in [0.2, 0.25) is 0 Å². The molecule has 0 aliphatic rings. The van der Waals surface area contributed by atoms with E-state index in [0.717, 1.165) is 23.6 Å². The van der Waals surface area contributed by atoms with Gasteiger partial charge in [-0.2, -0.15) is 0 Å². The standard InChI is InChI=1S/C16H21NO3/c1-12(2)3-9-15(18)17-11-14-6-4-13(5-7-14)8-10-16(19)20/h4-8,10,12H,3,9,11H2,1-2H3,(H,17,18)(H,19,20). The number of amides is 1. The second kappa shape index (κ2) is 8.15. The molecule has 0 fully saturated rings. The minimum atomic E-state index is -0.966. The Morgan fingerprint density at radius 2 is 1.90 bits per heavy atom. The number of benzene rings is 1. The fourth-order valence-electron chi connectivity index (χ4n) is 1.62. The zero-order valence-electron chi connectivity index (χ0n) is 11.9. The van der Waals surface area contributed by atoms with Crippen LogP contribution < -0.4 is 5.32 Å². The summed E-state index contributed by atoms with van der Waals surface area (Å²) in [7, 11) is 0. The van der Waals surface area contributed by atoms with Crippen molar-refractivity contribution in [3.05, 3.63) is 41.5 Å². The van der Waals surface area contributed by atoms with Gasteiger partial charge in [-0.3, -0.25) is 4.79 Å². The monoisotopic (exact) mass is 275 g/mol. The van der Waals surface area contributed by atoms with Crippen molar-refractivity contribution in [2.24, 2.45) is 5.92 Å². The fourth-order valence-corrected chi connectivity index (χ4v) is 1.62. The highest BCUT2D eigenvalue weighted by Gasteiger charge is 2.03. The first-order valence-electron chi connectivity index (χ1n) is 6.74. The molecule has 4 heteroatoms. The van der Waals surface area contributed by atoms with Crippen LogP contribution in [0, 0.1) is 5.92 Å². The number of carbonyl (C=O) groups excluding carboxylic acids is 1. The lowest BCUT2D eigenvalue weighted by Crippen LogP contribution is -2.22. The molecule has 0 heterocycles. The highest BCUT2D eigenvalue weighted by atomic mass is 16.4. The van der Waals surface area contributed by atoms with Crippen LogP contribution >= 0.6 is 0 Å². The van der Waals surface area contributed by atoms with E-state index in [2.05, 4.69) is 19.2 Å². The molecule has 0 saturated carbocycles. The molecule has 0 aliphatic carbocycles. The maximum absolute atomic E-state index is 11.6. The summed E-state index contributed by atoms with van der Waals surface area (Å²) < 4.78 is 0. The van der Waals surface area contributed by atoms with Gasteiger partial charge in [-0.1, -0.05) is 38.1 Å². The third-order valence-corrected chi connectivity index (χ3v) is 2.84. The molecular weight excluding hydrogens is 254 g/mol. The topological polar surface area (TPSA) is 66.4 Å². The summed E-state index contributed by atoms with van der Waals surface area (Å²) in [5.74, 6) is -0.374. The molecule has 1 rings (SSSR count). The lowest BCUT2D eigenvalue weighted by Gasteiger charge is -2.07. The Morgan fingerprint density at radius 1 is 1.25 bits per heavy atom. The van der Waals surface area contributed by atoms with Crippen molar-refractivity contribution in [3.8, 4) is 0 Å². The molecule has 108 valence electrons. The minimum absolute atomic E-state index is 0.0635. The molecule has 2 N–H and O–H groups in total. The van der Waals surface area contributed by atoms with Crippen molar-refractivity contribution in [2.75, 3.05) is 0 Å². The molecule has 1 amide bonds. The molecular formula is C16H21NO3. The van der Waals surface area contributed by atoms with E-state index in [1.165, 1.54) is 6.08 Å². The first-order chi connectivity index (χ1) is 9.47. The number of hydrogen-bond donors (Lipinski definition) is 2. The molecule has 1 aromatic carbocycles. The zero-order valence-corrected chi connectivity index (χ0v) is 11.9. The molecule has 20 heavy (non-hydrogen) atoms. The Morgan fingerprint density at radius 3 is 2.45 bits per heavy atom. The van der Waals surface area contributed by atoms with E-state index in [9.17, 15) is 9.59 Å². The number of carbonyl (C=O) groups is 2. The van der Waals surface area contributed by atoms with Crippen LogP contribution in [0.5, 0.6) is 0 Å². The molecule has 0 saturated heterocycles. The molecule has 0 bridgehead atoms. The fraction of sp³-hybridized carbons (Fsp3) is 0.375. The van der Waals surface area contributed by atoms with Crippen molar-refractivity contribution < 1.29 is 14.7 Å². The van der Waals surface area contributed by atoms with Crippen LogP contribution in [0.3, 0.4) is 0 Å². The van der Waals surface area contributed by atoms with E-state index >= 15 is 0 Å². The number of hydrogen-bond acceptors (Lipinski definition) is 2. The van der Waals surface area contributed by atoms with Crippen LogP contribution in [-0.4, -0.2) is 17.0 Å². The molecule has 0 atom stereocenters. The van der Waals surface area contributed by atoms with Gasteiger partial charge < -0.3 is 10.4 Å². The third kappa shape index (κ3) is 6.73. The van der Waals surface area contributed by atoms with E-state index in [1.807, 2.05) is 24.3 Å². The van der Waals surface area contributed by atoms with Gasteiger partial charge in [-0.15, -0.1) is 0 Å². The summed E-state index contributed by atoms with van der Waals surface area (Å²) in [6.07, 6.45) is 4.08. The van der Waals surface area contributed by atoms with Crippen LogP contribution in [0.15, 0.2) is 30.3 Å². The zero-order chi connectivity index (χ0) is 15.0. The quantitative estimate of drug-likeness (QED) is 0.752. The average Bonchev–Trinajstić information content (AvgIpc) is 2.41. The molecule has 0 aliphatic heterocycles. The Labute approximate surface area is 119 Å². The second-order valence-electron chi connectivity index (χ2n) is 5.12. The molecule has 1 aromatic rings. The maximum atomic E-state index is 11.6. The first kappa shape index (κ1) is 16.0. The SMILES string of the molecule is CC(C)CCC(=O)NCc1ccc(C=CC(=O)O)cc1. The lowest BCUT2D eigenvalue weighted by molar-refractivity contribution is -0.131. The normalized spacial score (nSPS) is 10.9. The molecule has 0 spiro atoms. The number of carboxylic acid groups (broad SMARTS) is 1. The summed E-state index contributed by atoms with van der Waals surface area (Å²) in [5.41, 5.74) is 1.82. The third-order valence-electron chi connectivity index (χ3n) is 2.84. The Kier molecular flexibility index (Phi) is 6.50. The van der Waals surface area contributed by atoms with E-state index < -0.39 is 5.97 Å². The van der Waals surface area contributed by atoms with Gasteiger partial charge in [0.2, 0.25) is 5.91 Å². The van der Waals surface area contributed by atoms with E-state index in [0.29, 0.717) is 18.9 Å². The van der Waals surface area contributed by atoms with Gasteiger partial charge in [-0.25, -0.2) is 4.79 Å². The predicted octanol–water partition coefficient (Wildman–Crippen LogP) is 2.84. The minimum Gasteiger partial charge on any atom is -0.478 e. The predicted molar refractivity (Wildman–Crippen MR) is 79.0 cm³/mol. The summed E-state index contributed by atoms with van der Waals surface area (Å²) in [6.45, 7) is 4.69. The largest absolute Gasteiger partial charge is 0.478 e. The van der Waals surface area contributed by atoms with E-state index in [-0.39, 0.29) is 5.91 Å². The number of rotatable bonds is 7. The van der Waals surface area contributed by atoms with Gasteiger partial charge in [-0.05, 0) is 29.5 Å². The summed E-state index contributed by atoms with van der Waals surface area (Å²) in [4.78, 5) is 22.0. The second-order valence-corrected chi connectivity index (χ2v) is 5.12. The lowest BCUT2D eigenvalue weighted by atomic mass is 10.1. The van der Waals surface area contributed by atoms with Crippen LogP contribution in [-0.2, 0) is 16.1 Å². The molecule has 0 radical (unpaired) electrons. The van der Waals surface area contributed by atoms with Crippen molar-refractivity contribution in [2.45, 2.75) is 33.2 Å². The van der Waals surface area contributed by atoms with Crippen molar-refractivity contribution in [1.29, 1.82) is 0 Å². The van der Waals surface area contributed by atoms with Gasteiger partial charge in [0.1, 0.15) is 0 Å². The maximum Gasteiger partial charge on any atom is 0.328 e. The van der Waals surface area contributed by atoms with Gasteiger partial charge in [0.15, 0.2) is 0 Å². The molecule has 0 unspecified atom stereocenters. The molecule has 0 aromatic heterocycles.